The molecule has 0 aromatic rings. The van der Waals surface area contributed by atoms with Crippen molar-refractivity contribution in [3.63, 3.8) is 0 Å². The van der Waals surface area contributed by atoms with Gasteiger partial charge in [0.25, 0.3) is 0 Å². The summed E-state index contributed by atoms with van der Waals surface area (Å²) in [5.74, 6) is -2.37. The molecule has 6 heterocycles. The van der Waals surface area contributed by atoms with Gasteiger partial charge in [0.15, 0.2) is 37.7 Å². The topological polar surface area (TPSA) is 533 Å². The van der Waals surface area contributed by atoms with E-state index < -0.39 is 241 Å². The van der Waals surface area contributed by atoms with Crippen molar-refractivity contribution in [2.75, 3.05) is 39.6 Å². The summed E-state index contributed by atoms with van der Waals surface area (Å²) in [7, 11) is 0. The molecule has 440 valence electrons. The fraction of sp³-hybridized carbons (Fsp3) is 0.929. The van der Waals surface area contributed by atoms with E-state index in [2.05, 4.69) is 16.0 Å². The average Bonchev–Trinajstić information content (AvgIpc) is 3.38. The van der Waals surface area contributed by atoms with Gasteiger partial charge in [-0.05, 0) is 0 Å². The molecule has 6 fully saturated rings. The minimum Gasteiger partial charge on any atom is -0.394 e. The van der Waals surface area contributed by atoms with Gasteiger partial charge in [-0.25, -0.2) is 0 Å². The Hall–Kier alpha value is -2.71. The average molecular weight is 1110 g/mol. The summed E-state index contributed by atoms with van der Waals surface area (Å²) in [6.07, 6.45) is -52.0. The number of amides is 3. The molecule has 0 aliphatic carbocycles. The van der Waals surface area contributed by atoms with E-state index in [0.29, 0.717) is 0 Å². The Morgan fingerprint density at radius 1 is 0.342 bits per heavy atom. The van der Waals surface area contributed by atoms with Gasteiger partial charge >= 0.3 is 0 Å². The van der Waals surface area contributed by atoms with Gasteiger partial charge in [0.05, 0.1) is 39.6 Å². The van der Waals surface area contributed by atoms with Crippen LogP contribution >= 0.6 is 0 Å². The predicted molar refractivity (Wildman–Crippen MR) is 234 cm³/mol. The maximum absolute atomic E-state index is 12.6. The molecule has 76 heavy (non-hydrogen) atoms. The van der Waals surface area contributed by atoms with Crippen molar-refractivity contribution in [1.82, 2.24) is 16.0 Å². The Labute approximate surface area is 431 Å². The summed E-state index contributed by atoms with van der Waals surface area (Å²) >= 11 is 0. The minimum atomic E-state index is -2.34. The number of ether oxygens (including phenoxy) is 11. The molecule has 0 spiro atoms. The number of aliphatic hydroxyl groups excluding tert-OH is 17. The van der Waals surface area contributed by atoms with Crippen LogP contribution in [0.1, 0.15) is 20.8 Å². The highest BCUT2D eigenvalue weighted by Crippen LogP contribution is 2.37. The predicted octanol–water partition coefficient (Wildman–Crippen LogP) is -13.7. The summed E-state index contributed by atoms with van der Waals surface area (Å²) in [5.41, 5.74) is 0. The van der Waals surface area contributed by atoms with Crippen LogP contribution in [0.5, 0.6) is 0 Å². The zero-order chi connectivity index (χ0) is 56.2. The lowest BCUT2D eigenvalue weighted by Gasteiger charge is -2.51. The van der Waals surface area contributed by atoms with Gasteiger partial charge in [0.2, 0.25) is 17.7 Å². The molecule has 34 heteroatoms. The van der Waals surface area contributed by atoms with Crippen LogP contribution < -0.4 is 16.0 Å². The van der Waals surface area contributed by atoms with Gasteiger partial charge in [0, 0.05) is 20.8 Å². The van der Waals surface area contributed by atoms with Gasteiger partial charge < -0.3 is 155 Å². The molecular formula is C42H71N3O31. The first-order chi connectivity index (χ1) is 35.9. The van der Waals surface area contributed by atoms with Crippen LogP contribution in [0.15, 0.2) is 0 Å². The Morgan fingerprint density at radius 3 is 1.25 bits per heavy atom. The maximum atomic E-state index is 12.6. The van der Waals surface area contributed by atoms with E-state index in [1.54, 1.807) is 0 Å². The number of carbonyl (C=O) groups is 3. The van der Waals surface area contributed by atoms with Gasteiger partial charge in [-0.2, -0.15) is 0 Å². The third-order valence-corrected chi connectivity index (χ3v) is 13.6. The summed E-state index contributed by atoms with van der Waals surface area (Å²) < 4.78 is 63.7. The van der Waals surface area contributed by atoms with Crippen molar-refractivity contribution >= 4 is 17.7 Å². The summed E-state index contributed by atoms with van der Waals surface area (Å²) in [5, 5.41) is 191. The molecule has 3 amide bonds. The first kappa shape index (κ1) is 62.5. The van der Waals surface area contributed by atoms with E-state index in [9.17, 15) is 101 Å². The van der Waals surface area contributed by atoms with Crippen LogP contribution in [0.4, 0.5) is 0 Å². The lowest BCUT2D eigenvalue weighted by molar-refractivity contribution is -0.394. The number of carbonyl (C=O) groups excluding carboxylic acids is 3. The summed E-state index contributed by atoms with van der Waals surface area (Å²) in [4.78, 5) is 36.8. The molecule has 0 aromatic carbocycles. The number of rotatable bonds is 19. The van der Waals surface area contributed by atoms with Crippen molar-refractivity contribution < 1.29 is 153 Å². The standard InChI is InChI=1S/C42H71N3O31/c1-10(51)43-19-27(59)33(16(7-49)67-37(19)65)73-39-21(45-12(3)53)28(60)34(17(8-50)71-39)74-41-32(64)35(25(57)18(72-41)9-66-40-31(63)29(61)23(55)14(5-47)69-40)75-42-36(30(62)24(56)15(6-48)70-42)76-38-20(44-11(2)52)26(58)22(54)13(4-46)68-38/h13-42,46-50,54-65H,4-9H2,1-3H3,(H,43,51)(H,44,52)(H,45,53)/t13-,14-,15-,16-,17-,18-,19-,20-,21-,22-,23-,24-,25-,26-,27-,28-,29+,30+,31+,32+,33-,34-,35+,36+,37-,38-,39+,40+,41+,42-/m1/s1. The number of hydrogen-bond acceptors (Lipinski definition) is 31. The number of nitrogens with one attached hydrogen (secondary N) is 3. The smallest absolute Gasteiger partial charge is 0.217 e. The van der Waals surface area contributed by atoms with Crippen molar-refractivity contribution in [2.24, 2.45) is 0 Å². The molecule has 6 rings (SSSR count). The van der Waals surface area contributed by atoms with E-state index in [1.165, 1.54) is 0 Å². The molecule has 6 saturated heterocycles. The molecule has 20 N–H and O–H groups in total. The number of aliphatic hydroxyl groups is 17. The third kappa shape index (κ3) is 13.7. The highest BCUT2D eigenvalue weighted by atomic mass is 16.8. The van der Waals surface area contributed by atoms with Crippen LogP contribution in [0.3, 0.4) is 0 Å². The Kier molecular flexibility index (Phi) is 22.3. The molecular weight excluding hydrogens is 1040 g/mol. The van der Waals surface area contributed by atoms with Crippen molar-refractivity contribution in [3.05, 3.63) is 0 Å². The zero-order valence-corrected chi connectivity index (χ0v) is 40.9. The summed E-state index contributed by atoms with van der Waals surface area (Å²) in [6, 6.07) is -4.99. The first-order valence-electron chi connectivity index (χ1n) is 24.1. The molecule has 0 bridgehead atoms. The van der Waals surface area contributed by atoms with Gasteiger partial charge in [0.1, 0.15) is 146 Å². The maximum Gasteiger partial charge on any atom is 0.217 e. The first-order valence-corrected chi connectivity index (χ1v) is 24.1. The normalized spacial score (nSPS) is 48.2. The van der Waals surface area contributed by atoms with Gasteiger partial charge in [-0.1, -0.05) is 0 Å². The lowest BCUT2D eigenvalue weighted by Crippen LogP contribution is -2.70. The van der Waals surface area contributed by atoms with E-state index in [-0.39, 0.29) is 0 Å². The Balaban J connectivity index is 1.33. The van der Waals surface area contributed by atoms with E-state index >= 15 is 0 Å². The second kappa shape index (κ2) is 27.2. The third-order valence-electron chi connectivity index (χ3n) is 13.6. The molecule has 6 aliphatic rings. The lowest BCUT2D eigenvalue weighted by atomic mass is 9.94. The van der Waals surface area contributed by atoms with E-state index in [1.807, 2.05) is 0 Å². The molecule has 0 radical (unpaired) electrons. The Bertz CT molecular complexity index is 1870. The van der Waals surface area contributed by atoms with Gasteiger partial charge in [-0.15, -0.1) is 0 Å². The highest BCUT2D eigenvalue weighted by molar-refractivity contribution is 5.74. The SMILES string of the molecule is CC(=O)N[C@@H]1[C@@H](O)[C@H](O[C@@H]2O[C@H](CO)[C@@H](O[C@@H]3O[C@H](CO[C@H]4O[C@H](CO)[C@@H](O)[C@H](O)[C@@H]4O)[C@@H](O)[C@H](O[C@H]4O[C@H](CO)[C@@H](O)[C@H](O)[C@@H]4O[C@H]4O[C@H](CO)[C@@H](O)[C@H](O)[C@H]4NC(C)=O)[C@@H]3O)[C@H](O)[C@H]2NC(C)=O)[C@@H](CO)O[C@H]1O. The van der Waals surface area contributed by atoms with Crippen molar-refractivity contribution in [3.8, 4) is 0 Å². The van der Waals surface area contributed by atoms with E-state index in [0.717, 1.165) is 20.8 Å². The quantitative estimate of drug-likeness (QED) is 0.0571. The minimum absolute atomic E-state index is 0.723. The van der Waals surface area contributed by atoms with Crippen LogP contribution in [0.25, 0.3) is 0 Å². The molecule has 6 aliphatic heterocycles. The number of hydrogen-bond donors (Lipinski definition) is 20. The van der Waals surface area contributed by atoms with Crippen molar-refractivity contribution in [1.29, 1.82) is 0 Å². The molecule has 34 nitrogen and oxygen atoms in total. The molecule has 0 aromatic heterocycles. The second-order valence-electron chi connectivity index (χ2n) is 19.0. The Morgan fingerprint density at radius 2 is 0.724 bits per heavy atom. The van der Waals surface area contributed by atoms with Crippen LogP contribution in [0.2, 0.25) is 0 Å². The fourth-order valence-electron chi connectivity index (χ4n) is 9.60. The van der Waals surface area contributed by atoms with Crippen molar-refractivity contribution in [2.45, 2.75) is 205 Å². The van der Waals surface area contributed by atoms with Crippen LogP contribution in [-0.4, -0.2) is 328 Å². The molecule has 0 saturated carbocycles. The zero-order valence-electron chi connectivity index (χ0n) is 40.9. The highest BCUT2D eigenvalue weighted by Gasteiger charge is 2.58. The van der Waals surface area contributed by atoms with E-state index in [4.69, 9.17) is 52.1 Å². The molecule has 30 atom stereocenters. The largest absolute Gasteiger partial charge is 0.394 e. The second-order valence-corrected chi connectivity index (χ2v) is 19.0. The fourth-order valence-corrected chi connectivity index (χ4v) is 9.60. The molecule has 0 unspecified atom stereocenters. The van der Waals surface area contributed by atoms with Crippen LogP contribution in [0, 0.1) is 0 Å². The monoisotopic (exact) mass is 1110 g/mol. The summed E-state index contributed by atoms with van der Waals surface area (Å²) in [6.45, 7) is -2.67. The van der Waals surface area contributed by atoms with Crippen LogP contribution in [-0.2, 0) is 66.5 Å². The van der Waals surface area contributed by atoms with Gasteiger partial charge in [-0.3, -0.25) is 14.4 Å².